The lowest BCUT2D eigenvalue weighted by atomic mass is 9.98. The maximum atomic E-state index is 11.9. The summed E-state index contributed by atoms with van der Waals surface area (Å²) >= 11 is 0. The molecule has 1 aliphatic rings. The summed E-state index contributed by atoms with van der Waals surface area (Å²) in [6.07, 6.45) is 8.41. The van der Waals surface area contributed by atoms with Crippen molar-refractivity contribution >= 4 is 15.9 Å². The summed E-state index contributed by atoms with van der Waals surface area (Å²) in [7, 11) is -2.03. The molecule has 0 atom stereocenters. The largest absolute Gasteiger partial charge is 0.378 e. The predicted molar refractivity (Wildman–Crippen MR) is 101 cm³/mol. The van der Waals surface area contributed by atoms with Crippen LogP contribution in [0.4, 0.5) is 0 Å². The summed E-state index contributed by atoms with van der Waals surface area (Å²) in [6, 6.07) is 6.61. The molecule has 0 heterocycles. The number of carbonyl (C=O) groups is 1. The van der Waals surface area contributed by atoms with E-state index in [4.69, 9.17) is 4.74 Å². The lowest BCUT2D eigenvalue weighted by Crippen LogP contribution is -2.26. The van der Waals surface area contributed by atoms with Crippen molar-refractivity contribution in [2.75, 3.05) is 20.2 Å². The van der Waals surface area contributed by atoms with Gasteiger partial charge in [0.2, 0.25) is 15.9 Å². The van der Waals surface area contributed by atoms with E-state index in [0.717, 1.165) is 12.0 Å². The zero-order valence-electron chi connectivity index (χ0n) is 15.5. The Bertz CT molecular complexity index is 653. The molecule has 1 saturated carbocycles. The summed E-state index contributed by atoms with van der Waals surface area (Å²) in [6.45, 7) is 1.33. The number of amides is 1. The van der Waals surface area contributed by atoms with E-state index >= 15 is 0 Å². The number of rotatable bonds is 10. The van der Waals surface area contributed by atoms with Gasteiger partial charge in [0.25, 0.3) is 0 Å². The zero-order valence-corrected chi connectivity index (χ0v) is 16.3. The van der Waals surface area contributed by atoms with Gasteiger partial charge in [-0.05, 0) is 50.4 Å². The van der Waals surface area contributed by atoms with E-state index in [0.29, 0.717) is 32.1 Å². The van der Waals surface area contributed by atoms with Gasteiger partial charge in [0, 0.05) is 19.6 Å². The van der Waals surface area contributed by atoms with Crippen molar-refractivity contribution in [3.63, 3.8) is 0 Å². The first-order valence-corrected chi connectivity index (χ1v) is 10.9. The third kappa shape index (κ3) is 7.05. The molecule has 0 unspecified atom stereocenters. The minimum Gasteiger partial charge on any atom is -0.378 e. The second-order valence-corrected chi connectivity index (χ2v) is 8.57. The van der Waals surface area contributed by atoms with Crippen LogP contribution >= 0.6 is 0 Å². The van der Waals surface area contributed by atoms with Gasteiger partial charge in [0.1, 0.15) is 0 Å². The van der Waals surface area contributed by atoms with Crippen molar-refractivity contribution in [1.29, 1.82) is 0 Å². The van der Waals surface area contributed by atoms with Gasteiger partial charge < -0.3 is 10.1 Å². The van der Waals surface area contributed by atoms with Gasteiger partial charge in [-0.1, -0.05) is 31.4 Å². The van der Waals surface area contributed by atoms with Crippen LogP contribution in [0.15, 0.2) is 29.2 Å². The van der Waals surface area contributed by atoms with Gasteiger partial charge in [-0.25, -0.2) is 13.1 Å². The summed E-state index contributed by atoms with van der Waals surface area (Å²) in [4.78, 5) is 12.1. The molecule has 0 saturated heterocycles. The molecule has 0 radical (unpaired) electrons. The van der Waals surface area contributed by atoms with E-state index in [-0.39, 0.29) is 10.8 Å². The summed E-state index contributed by atoms with van der Waals surface area (Å²) in [5, 5.41) is 2.91. The average Bonchev–Trinajstić information content (AvgIpc) is 2.67. The Morgan fingerprint density at radius 2 is 1.85 bits per heavy atom. The molecule has 2 rings (SSSR count). The highest BCUT2D eigenvalue weighted by Crippen LogP contribution is 2.20. The Morgan fingerprint density at radius 3 is 2.50 bits per heavy atom. The van der Waals surface area contributed by atoms with Crippen LogP contribution in [-0.4, -0.2) is 40.6 Å². The monoisotopic (exact) mass is 382 g/mol. The molecule has 1 aliphatic carbocycles. The van der Waals surface area contributed by atoms with Crippen LogP contribution in [0, 0.1) is 0 Å². The number of carbonyl (C=O) groups excluding carboxylic acids is 1. The van der Waals surface area contributed by atoms with Gasteiger partial charge in [-0.2, -0.15) is 0 Å². The average molecular weight is 383 g/mol. The third-order valence-electron chi connectivity index (χ3n) is 4.69. The highest BCUT2D eigenvalue weighted by Gasteiger charge is 2.13. The SMILES string of the molecule is CNS(=O)(=O)c1ccc(CCC(=O)NCCCOC2CCCCC2)cc1. The molecule has 146 valence electrons. The smallest absolute Gasteiger partial charge is 0.240 e. The molecule has 7 heteroatoms. The van der Waals surface area contributed by atoms with Crippen LogP contribution < -0.4 is 10.0 Å². The number of nitrogens with one attached hydrogen (secondary N) is 2. The first-order chi connectivity index (χ1) is 12.5. The van der Waals surface area contributed by atoms with E-state index in [2.05, 4.69) is 10.0 Å². The minimum atomic E-state index is -3.41. The van der Waals surface area contributed by atoms with E-state index in [1.807, 2.05) is 0 Å². The molecule has 1 amide bonds. The second kappa shape index (κ2) is 10.6. The number of benzene rings is 1. The Labute approximate surface area is 156 Å². The molecule has 26 heavy (non-hydrogen) atoms. The van der Waals surface area contributed by atoms with E-state index in [1.165, 1.54) is 39.2 Å². The van der Waals surface area contributed by atoms with Crippen LogP contribution in [-0.2, 0) is 26.0 Å². The van der Waals surface area contributed by atoms with Gasteiger partial charge in [-0.3, -0.25) is 4.79 Å². The molecule has 6 nitrogen and oxygen atoms in total. The fraction of sp³-hybridized carbons (Fsp3) is 0.632. The third-order valence-corrected chi connectivity index (χ3v) is 6.12. The van der Waals surface area contributed by atoms with Crippen LogP contribution in [0.2, 0.25) is 0 Å². The molecule has 0 aromatic heterocycles. The minimum absolute atomic E-state index is 0.00888. The lowest BCUT2D eigenvalue weighted by molar-refractivity contribution is -0.121. The molecule has 0 spiro atoms. The van der Waals surface area contributed by atoms with Crippen molar-refractivity contribution in [3.8, 4) is 0 Å². The van der Waals surface area contributed by atoms with E-state index in [9.17, 15) is 13.2 Å². The van der Waals surface area contributed by atoms with Crippen LogP contribution in [0.25, 0.3) is 0 Å². The Balaban J connectivity index is 1.59. The van der Waals surface area contributed by atoms with Gasteiger partial charge >= 0.3 is 0 Å². The highest BCUT2D eigenvalue weighted by molar-refractivity contribution is 7.89. The van der Waals surface area contributed by atoms with E-state index < -0.39 is 10.0 Å². The van der Waals surface area contributed by atoms with Crippen LogP contribution in [0.3, 0.4) is 0 Å². The predicted octanol–water partition coefficient (Wildman–Crippen LogP) is 2.38. The highest BCUT2D eigenvalue weighted by atomic mass is 32.2. The number of aryl methyl sites for hydroxylation is 1. The molecule has 2 N–H and O–H groups in total. The molecular weight excluding hydrogens is 352 g/mol. The maximum absolute atomic E-state index is 11.9. The second-order valence-electron chi connectivity index (χ2n) is 6.69. The van der Waals surface area contributed by atoms with Crippen molar-refractivity contribution in [2.45, 2.75) is 62.4 Å². The normalized spacial score (nSPS) is 15.7. The fourth-order valence-electron chi connectivity index (χ4n) is 3.08. The number of ether oxygens (including phenoxy) is 1. The maximum Gasteiger partial charge on any atom is 0.240 e. The van der Waals surface area contributed by atoms with Gasteiger partial charge in [0.15, 0.2) is 0 Å². The van der Waals surface area contributed by atoms with Crippen molar-refractivity contribution in [1.82, 2.24) is 10.0 Å². The Hall–Kier alpha value is -1.44. The van der Waals surface area contributed by atoms with Crippen LogP contribution in [0.5, 0.6) is 0 Å². The summed E-state index contributed by atoms with van der Waals surface area (Å²) < 4.78 is 31.4. The van der Waals surface area contributed by atoms with Gasteiger partial charge in [-0.15, -0.1) is 0 Å². The first kappa shape index (κ1) is 20.9. The number of hydrogen-bond acceptors (Lipinski definition) is 4. The number of sulfonamides is 1. The topological polar surface area (TPSA) is 84.5 Å². The molecule has 1 aromatic carbocycles. The quantitative estimate of drug-likeness (QED) is 0.609. The lowest BCUT2D eigenvalue weighted by Gasteiger charge is -2.21. The zero-order chi connectivity index (χ0) is 18.8. The summed E-state index contributed by atoms with van der Waals surface area (Å²) in [5.41, 5.74) is 0.941. The van der Waals surface area contributed by atoms with Gasteiger partial charge in [0.05, 0.1) is 11.0 Å². The Kier molecular flexibility index (Phi) is 8.54. The fourth-order valence-corrected chi connectivity index (χ4v) is 3.81. The van der Waals surface area contributed by atoms with Crippen molar-refractivity contribution < 1.29 is 17.9 Å². The van der Waals surface area contributed by atoms with Crippen molar-refractivity contribution in [3.05, 3.63) is 29.8 Å². The van der Waals surface area contributed by atoms with E-state index in [1.54, 1.807) is 24.3 Å². The molecule has 0 aliphatic heterocycles. The van der Waals surface area contributed by atoms with Crippen molar-refractivity contribution in [2.24, 2.45) is 0 Å². The standard InChI is InChI=1S/C19H30N2O4S/c1-20-26(23,24)18-11-8-16(9-12-18)10-13-19(22)21-14-5-15-25-17-6-3-2-4-7-17/h8-9,11-12,17,20H,2-7,10,13-15H2,1H3,(H,21,22). The summed E-state index contributed by atoms with van der Waals surface area (Å²) in [5.74, 6) is 0.00888. The van der Waals surface area contributed by atoms with Crippen LogP contribution in [0.1, 0.15) is 50.5 Å². The first-order valence-electron chi connectivity index (χ1n) is 9.42. The molecule has 0 bridgehead atoms. The Morgan fingerprint density at radius 1 is 1.15 bits per heavy atom. The number of hydrogen-bond donors (Lipinski definition) is 2. The molecule has 1 fully saturated rings. The molecule has 1 aromatic rings. The molecular formula is C19H30N2O4S.